The molecule has 1 aromatic carbocycles. The number of carboxylic acid groups (broad SMARTS) is 1. The number of carbonyl (C=O) groups is 2. The molecule has 0 fully saturated rings. The lowest BCUT2D eigenvalue weighted by atomic mass is 10.2. The van der Waals surface area contributed by atoms with E-state index in [-0.39, 0.29) is 18.9 Å². The minimum atomic E-state index is -0.993. The van der Waals surface area contributed by atoms with Gasteiger partial charge in [0.1, 0.15) is 11.5 Å². The van der Waals surface area contributed by atoms with Gasteiger partial charge in [-0.25, -0.2) is 0 Å². The highest BCUT2D eigenvalue weighted by molar-refractivity contribution is 6.05. The van der Waals surface area contributed by atoms with Gasteiger partial charge >= 0.3 is 5.97 Å². The van der Waals surface area contributed by atoms with E-state index in [0.29, 0.717) is 22.9 Å². The number of hydrogen-bond acceptors (Lipinski definition) is 5. The molecule has 1 N–H and O–H groups in total. The number of hydrogen-bond donors (Lipinski definition) is 1. The number of amides is 1. The number of aromatic nitrogens is 1. The summed E-state index contributed by atoms with van der Waals surface area (Å²) in [6.07, 6.45) is -0.187. The van der Waals surface area contributed by atoms with Crippen LogP contribution >= 0.6 is 0 Å². The van der Waals surface area contributed by atoms with Gasteiger partial charge in [-0.05, 0) is 31.2 Å². The molecule has 1 amide bonds. The Morgan fingerprint density at radius 3 is 2.50 bits per heavy atom. The third-order valence-corrected chi connectivity index (χ3v) is 3.02. The Morgan fingerprint density at radius 1 is 1.32 bits per heavy atom. The lowest BCUT2D eigenvalue weighted by Gasteiger charge is -2.19. The third kappa shape index (κ3) is 3.63. The molecule has 0 aliphatic rings. The van der Waals surface area contributed by atoms with Crippen LogP contribution in [0.2, 0.25) is 0 Å². The molecule has 0 spiro atoms. The average Bonchev–Trinajstić information content (AvgIpc) is 2.93. The van der Waals surface area contributed by atoms with Crippen LogP contribution in [0.25, 0.3) is 0 Å². The van der Waals surface area contributed by atoms with Gasteiger partial charge in [0.05, 0.1) is 13.5 Å². The normalized spacial score (nSPS) is 10.3. The van der Waals surface area contributed by atoms with Crippen LogP contribution < -0.4 is 9.64 Å². The minimum Gasteiger partial charge on any atom is -0.497 e. The number of aliphatic carboxylic acids is 1. The van der Waals surface area contributed by atoms with Gasteiger partial charge in [-0.2, -0.15) is 0 Å². The maximum absolute atomic E-state index is 12.6. The molecular weight excluding hydrogens is 288 g/mol. The van der Waals surface area contributed by atoms with Crippen molar-refractivity contribution in [2.75, 3.05) is 18.6 Å². The fraction of sp³-hybridized carbons (Fsp3) is 0.267. The summed E-state index contributed by atoms with van der Waals surface area (Å²) in [5.74, 6) is 0.119. The summed E-state index contributed by atoms with van der Waals surface area (Å²) >= 11 is 0. The molecule has 0 aliphatic carbocycles. The first kappa shape index (κ1) is 15.6. The van der Waals surface area contributed by atoms with E-state index in [0.717, 1.165) is 0 Å². The van der Waals surface area contributed by atoms with Crippen molar-refractivity contribution in [3.63, 3.8) is 0 Å². The molecule has 0 aliphatic heterocycles. The van der Waals surface area contributed by atoms with Crippen LogP contribution in [0.5, 0.6) is 5.75 Å². The SMILES string of the molecule is COc1ccc(C(=O)N(CCC(=O)O)c2cc(C)on2)cc1. The zero-order valence-electron chi connectivity index (χ0n) is 12.3. The van der Waals surface area contributed by atoms with Gasteiger partial charge in [-0.1, -0.05) is 5.16 Å². The van der Waals surface area contributed by atoms with Crippen molar-refractivity contribution in [1.82, 2.24) is 5.16 Å². The molecule has 22 heavy (non-hydrogen) atoms. The summed E-state index contributed by atoms with van der Waals surface area (Å²) in [6, 6.07) is 8.14. The van der Waals surface area contributed by atoms with Crippen LogP contribution in [-0.2, 0) is 4.79 Å². The Morgan fingerprint density at radius 2 is 2.00 bits per heavy atom. The van der Waals surface area contributed by atoms with Crippen LogP contribution in [-0.4, -0.2) is 35.8 Å². The highest BCUT2D eigenvalue weighted by Crippen LogP contribution is 2.19. The van der Waals surface area contributed by atoms with Gasteiger partial charge in [0.2, 0.25) is 0 Å². The molecule has 0 radical (unpaired) electrons. The van der Waals surface area contributed by atoms with Crippen molar-refractivity contribution in [2.45, 2.75) is 13.3 Å². The van der Waals surface area contributed by atoms with Crippen molar-refractivity contribution in [1.29, 1.82) is 0 Å². The summed E-state index contributed by atoms with van der Waals surface area (Å²) < 4.78 is 10.0. The fourth-order valence-corrected chi connectivity index (χ4v) is 1.90. The van der Waals surface area contributed by atoms with Crippen molar-refractivity contribution in [3.8, 4) is 5.75 Å². The molecule has 2 rings (SSSR count). The molecule has 116 valence electrons. The van der Waals surface area contributed by atoms with E-state index in [1.807, 2.05) is 0 Å². The van der Waals surface area contributed by atoms with Crippen molar-refractivity contribution >= 4 is 17.7 Å². The predicted molar refractivity (Wildman–Crippen MR) is 78.2 cm³/mol. The molecule has 0 saturated heterocycles. The Labute approximate surface area is 127 Å². The number of aryl methyl sites for hydroxylation is 1. The topological polar surface area (TPSA) is 92.9 Å². The Balaban J connectivity index is 2.26. The zero-order chi connectivity index (χ0) is 16.1. The van der Waals surface area contributed by atoms with Crippen LogP contribution in [0.15, 0.2) is 34.9 Å². The molecule has 7 nitrogen and oxygen atoms in total. The van der Waals surface area contributed by atoms with Gasteiger partial charge in [-0.3, -0.25) is 14.5 Å². The number of anilines is 1. The van der Waals surface area contributed by atoms with Crippen molar-refractivity contribution < 1.29 is 24.0 Å². The second kappa shape index (κ2) is 6.75. The fourth-order valence-electron chi connectivity index (χ4n) is 1.90. The predicted octanol–water partition coefficient (Wildman–Crippen LogP) is 2.11. The minimum absolute atomic E-state index is 0.00612. The van der Waals surface area contributed by atoms with E-state index >= 15 is 0 Å². The van der Waals surface area contributed by atoms with Gasteiger partial charge < -0.3 is 14.4 Å². The Kier molecular flexibility index (Phi) is 4.77. The molecule has 1 aromatic heterocycles. The highest BCUT2D eigenvalue weighted by Gasteiger charge is 2.21. The second-order valence-corrected chi connectivity index (χ2v) is 4.62. The summed E-state index contributed by atoms with van der Waals surface area (Å²) in [5.41, 5.74) is 0.409. The maximum Gasteiger partial charge on any atom is 0.305 e. The highest BCUT2D eigenvalue weighted by atomic mass is 16.5. The number of nitrogens with zero attached hydrogens (tertiary/aromatic N) is 2. The largest absolute Gasteiger partial charge is 0.497 e. The first-order valence-electron chi connectivity index (χ1n) is 6.62. The second-order valence-electron chi connectivity index (χ2n) is 4.62. The number of carboxylic acids is 1. The third-order valence-electron chi connectivity index (χ3n) is 3.02. The van der Waals surface area contributed by atoms with Gasteiger partial charge in [0.25, 0.3) is 5.91 Å². The van der Waals surface area contributed by atoms with Crippen molar-refractivity contribution in [2.24, 2.45) is 0 Å². The van der Waals surface area contributed by atoms with E-state index in [4.69, 9.17) is 14.4 Å². The summed E-state index contributed by atoms with van der Waals surface area (Å²) in [7, 11) is 1.54. The smallest absolute Gasteiger partial charge is 0.305 e. The lowest BCUT2D eigenvalue weighted by Crippen LogP contribution is -2.33. The molecule has 0 atom stereocenters. The monoisotopic (exact) mass is 304 g/mol. The van der Waals surface area contributed by atoms with Gasteiger partial charge in [0.15, 0.2) is 5.82 Å². The molecular formula is C15H16N2O5. The van der Waals surface area contributed by atoms with E-state index in [1.54, 1.807) is 37.3 Å². The number of methoxy groups -OCH3 is 1. The van der Waals surface area contributed by atoms with E-state index in [1.165, 1.54) is 12.0 Å². The Bertz CT molecular complexity index is 663. The molecule has 0 saturated carbocycles. The quantitative estimate of drug-likeness (QED) is 0.878. The Hall–Kier alpha value is -2.83. The summed E-state index contributed by atoms with van der Waals surface area (Å²) in [6.45, 7) is 1.70. The summed E-state index contributed by atoms with van der Waals surface area (Å²) in [4.78, 5) is 24.6. The van der Waals surface area contributed by atoms with E-state index in [9.17, 15) is 9.59 Å². The standard InChI is InChI=1S/C15H16N2O5/c1-10-9-13(16-22-10)17(8-7-14(18)19)15(20)11-3-5-12(21-2)6-4-11/h3-6,9H,7-8H2,1-2H3,(H,18,19). The molecule has 0 bridgehead atoms. The number of benzene rings is 1. The van der Waals surface area contributed by atoms with Crippen LogP contribution in [0.4, 0.5) is 5.82 Å². The van der Waals surface area contributed by atoms with E-state index in [2.05, 4.69) is 5.16 Å². The molecule has 2 aromatic rings. The van der Waals surface area contributed by atoms with Gasteiger partial charge in [0, 0.05) is 18.2 Å². The first-order valence-corrected chi connectivity index (χ1v) is 6.62. The molecule has 7 heteroatoms. The zero-order valence-corrected chi connectivity index (χ0v) is 12.3. The van der Waals surface area contributed by atoms with Crippen molar-refractivity contribution in [3.05, 3.63) is 41.7 Å². The first-order chi connectivity index (χ1) is 10.5. The van der Waals surface area contributed by atoms with E-state index < -0.39 is 5.97 Å². The van der Waals surface area contributed by atoms with Crippen LogP contribution in [0.3, 0.4) is 0 Å². The van der Waals surface area contributed by atoms with Gasteiger partial charge in [-0.15, -0.1) is 0 Å². The lowest BCUT2D eigenvalue weighted by molar-refractivity contribution is -0.136. The van der Waals surface area contributed by atoms with Crippen LogP contribution in [0, 0.1) is 6.92 Å². The number of rotatable bonds is 6. The summed E-state index contributed by atoms with van der Waals surface area (Å²) in [5, 5.41) is 12.6. The number of ether oxygens (including phenoxy) is 1. The number of carbonyl (C=O) groups excluding carboxylic acids is 1. The average molecular weight is 304 g/mol. The molecule has 1 heterocycles. The molecule has 0 unspecified atom stereocenters. The van der Waals surface area contributed by atoms with Crippen LogP contribution in [0.1, 0.15) is 22.5 Å². The maximum atomic E-state index is 12.6.